The van der Waals surface area contributed by atoms with Gasteiger partial charge in [0, 0.05) is 33.7 Å². The lowest BCUT2D eigenvalue weighted by Gasteiger charge is -2.29. The average molecular weight is 1630 g/mol. The number of halogens is 5. The van der Waals surface area contributed by atoms with Crippen LogP contribution in [0.15, 0.2) is 151 Å². The van der Waals surface area contributed by atoms with Crippen LogP contribution in [-0.2, 0) is 49.6 Å². The molecule has 3 atom stereocenters. The Bertz CT molecular complexity index is 4540. The zero-order chi connectivity index (χ0) is 82.1. The second-order valence-corrected chi connectivity index (χ2v) is 31.2. The Morgan fingerprint density at radius 3 is 1.77 bits per heavy atom. The molecule has 112 heavy (non-hydrogen) atoms. The molecule has 2 heterocycles. The van der Waals surface area contributed by atoms with Gasteiger partial charge in [-0.1, -0.05) is 242 Å². The van der Waals surface area contributed by atoms with Crippen molar-refractivity contribution in [1.29, 1.82) is 0 Å². The highest BCUT2D eigenvalue weighted by molar-refractivity contribution is 6.43. The van der Waals surface area contributed by atoms with Gasteiger partial charge in [-0.25, -0.2) is 14.5 Å². The molecular weight excluding hydrogens is 1530 g/mol. The maximum atomic E-state index is 13.9. The number of amides is 8. The fraction of sp³-hybridized carbons (Fsp3) is 0.376. The van der Waals surface area contributed by atoms with Crippen molar-refractivity contribution in [2.75, 3.05) is 40.8 Å². The van der Waals surface area contributed by atoms with Gasteiger partial charge in [-0.2, -0.15) is 10.1 Å². The molecule has 0 saturated carbocycles. The smallest absolute Gasteiger partial charge is 0.338 e. The molecule has 22 nitrogen and oxygen atoms in total. The van der Waals surface area contributed by atoms with E-state index >= 15 is 0 Å². The molecule has 9 rings (SSSR count). The van der Waals surface area contributed by atoms with Crippen LogP contribution in [0, 0.1) is 38.5 Å². The van der Waals surface area contributed by atoms with Crippen molar-refractivity contribution in [2.24, 2.45) is 15.9 Å². The number of nitrogens with zero attached hydrogens (tertiary/aromatic N) is 4. The van der Waals surface area contributed by atoms with Gasteiger partial charge in [0.05, 0.1) is 56.6 Å². The topological polar surface area (TPSA) is 278 Å². The van der Waals surface area contributed by atoms with Gasteiger partial charge in [-0.3, -0.25) is 43.3 Å². The van der Waals surface area contributed by atoms with Gasteiger partial charge in [-0.15, -0.1) is 0 Å². The second-order valence-electron chi connectivity index (χ2n) is 29.1. The Kier molecular flexibility index (Phi) is 33.8. The Morgan fingerprint density at radius 2 is 1.15 bits per heavy atom. The fourth-order valence-corrected chi connectivity index (χ4v) is 12.9. The molecule has 3 unspecified atom stereocenters. The number of aryl methyl sites for hydroxylation is 4. The molecule has 0 spiro atoms. The van der Waals surface area contributed by atoms with E-state index in [-0.39, 0.29) is 87.9 Å². The standard InChI is InChI=1S/C38H52ClN3O7.C26H21Cl3N4O4.C21H24ClNO3/c1-6-8-9-10-11-12-13-14-15-19-24-49-36(46)28-22-23-29(39)30(25-28)40-33(44)31(32(43)38(3,4)5)42-34(45)35(48-7-2)41(37(42)47)26-27-20-17-16-18-21-27;1-14-6-7-21(15(2)8-14)37-13-23(34)30-18-5-3-4-16(9-18)26(36)31-22-12-24(35)33(32-22)25-19(28)10-17(27)11-20(25)29;1-13-6-9-15(10-7-13)26-18(19(24)21(3,4)5)20(25)23-17-12-14(2)8-11-16(17)22/h16-18,20-23,25,31,35H,6-15,19,24,26H2,1-5H3,(H,40,44);3-11H,12-13H2,1-2H3,(H,30,34)(H,31,32,36);6-12,18H,1-5H3,(H,23,25). The molecule has 0 aromatic heterocycles. The number of hydrazone groups is 1. The van der Waals surface area contributed by atoms with Gasteiger partial charge in [-0.05, 0) is 137 Å². The SMILES string of the molecule is CCCCCCCCCCCCOC(=O)c1ccc(Cl)c(NC(=O)C(C(=O)C(C)(C)C)N2C(=O)C(OCC)N(Cc3ccccc3)C2=O)c1.Cc1ccc(OC(C(=O)Nc2cc(C)ccc2Cl)C(=O)C(C)(C)C)cc1.Cc1ccc(OCC(=O)Nc2cccc(C(=O)NC3=NN(c4c(Cl)cc(Cl)cc4Cl)C(=O)C3)c2)c(C)c1. The molecule has 8 amide bonds. The zero-order valence-electron chi connectivity index (χ0n) is 65.1. The van der Waals surface area contributed by atoms with Crippen LogP contribution >= 0.6 is 58.0 Å². The quantitative estimate of drug-likeness (QED) is 0.0136. The van der Waals surface area contributed by atoms with Crippen LogP contribution in [0.1, 0.15) is 175 Å². The number of imide groups is 1. The maximum Gasteiger partial charge on any atom is 0.338 e. The number of unbranched alkanes of at least 4 members (excludes halogenated alkanes) is 9. The third-order valence-electron chi connectivity index (χ3n) is 17.6. The van der Waals surface area contributed by atoms with E-state index in [0.29, 0.717) is 37.8 Å². The summed E-state index contributed by atoms with van der Waals surface area (Å²) < 4.78 is 22.5. The van der Waals surface area contributed by atoms with Gasteiger partial charge >= 0.3 is 12.0 Å². The number of benzene rings is 7. The number of amidine groups is 1. The number of ketones is 2. The minimum Gasteiger partial charge on any atom is -0.483 e. The number of carbonyl (C=O) groups excluding carboxylic acids is 10. The number of esters is 1. The zero-order valence-corrected chi connectivity index (χ0v) is 68.9. The lowest BCUT2D eigenvalue weighted by molar-refractivity contribution is -0.149. The number of Topliss-reactive ketones (excluding diaryl/α,β-unsaturated/α-hetero) is 2. The molecule has 2 aliphatic heterocycles. The second kappa shape index (κ2) is 42.3. The maximum absolute atomic E-state index is 13.9. The molecule has 0 radical (unpaired) electrons. The molecule has 0 bridgehead atoms. The molecule has 27 heteroatoms. The molecule has 2 aliphatic rings. The van der Waals surface area contributed by atoms with Crippen LogP contribution in [0.25, 0.3) is 0 Å². The van der Waals surface area contributed by atoms with Gasteiger partial charge in [0.2, 0.25) is 12.3 Å². The number of carbonyl (C=O) groups is 10. The third-order valence-corrected chi connectivity index (χ3v) is 19.0. The van der Waals surface area contributed by atoms with E-state index in [1.165, 1.54) is 86.2 Å². The molecule has 1 saturated heterocycles. The summed E-state index contributed by atoms with van der Waals surface area (Å²) in [6.45, 7) is 21.9. The minimum absolute atomic E-state index is 0.0275. The molecule has 0 aliphatic carbocycles. The largest absolute Gasteiger partial charge is 0.483 e. The van der Waals surface area contributed by atoms with E-state index < -0.39 is 76.5 Å². The Hall–Kier alpha value is -9.68. The van der Waals surface area contributed by atoms with E-state index in [1.807, 2.05) is 70.2 Å². The molecule has 596 valence electrons. The van der Waals surface area contributed by atoms with E-state index in [0.717, 1.165) is 52.1 Å². The summed E-state index contributed by atoms with van der Waals surface area (Å²) in [4.78, 5) is 133. The summed E-state index contributed by atoms with van der Waals surface area (Å²) >= 11 is 30.9. The molecule has 4 N–H and O–H groups in total. The number of nitrogens with one attached hydrogen (secondary N) is 4. The summed E-state index contributed by atoms with van der Waals surface area (Å²) in [5.41, 5.74) is 4.42. The van der Waals surface area contributed by atoms with Crippen molar-refractivity contribution in [3.63, 3.8) is 0 Å². The van der Waals surface area contributed by atoms with Gasteiger partial charge in [0.1, 0.15) is 23.0 Å². The highest BCUT2D eigenvalue weighted by Crippen LogP contribution is 2.39. The Labute approximate surface area is 679 Å². The Balaban J connectivity index is 0.000000244. The van der Waals surface area contributed by atoms with Crippen LogP contribution in [0.5, 0.6) is 11.5 Å². The van der Waals surface area contributed by atoms with E-state index in [9.17, 15) is 47.9 Å². The summed E-state index contributed by atoms with van der Waals surface area (Å²) in [5.74, 6) is -3.97. The van der Waals surface area contributed by atoms with E-state index in [1.54, 1.807) is 115 Å². The van der Waals surface area contributed by atoms with Crippen molar-refractivity contribution in [1.82, 2.24) is 15.1 Å². The predicted octanol–water partition coefficient (Wildman–Crippen LogP) is 18.9. The van der Waals surface area contributed by atoms with Crippen molar-refractivity contribution < 1.29 is 66.9 Å². The number of rotatable bonds is 31. The lowest BCUT2D eigenvalue weighted by Crippen LogP contribution is -2.55. The summed E-state index contributed by atoms with van der Waals surface area (Å²) in [6.07, 6.45) is 8.86. The van der Waals surface area contributed by atoms with Crippen LogP contribution in [0.4, 0.5) is 27.5 Å². The van der Waals surface area contributed by atoms with E-state index in [2.05, 4.69) is 33.3 Å². The number of hydrogen-bond donors (Lipinski definition) is 4. The van der Waals surface area contributed by atoms with Crippen molar-refractivity contribution in [2.45, 2.75) is 179 Å². The first kappa shape index (κ1) is 89.5. The Morgan fingerprint density at radius 1 is 0.571 bits per heavy atom. The first-order chi connectivity index (χ1) is 53.1. The van der Waals surface area contributed by atoms with E-state index in [4.69, 9.17) is 77.0 Å². The van der Waals surface area contributed by atoms with Crippen LogP contribution in [-0.4, -0.2) is 113 Å². The first-order valence-electron chi connectivity index (χ1n) is 37.0. The van der Waals surface area contributed by atoms with Gasteiger partial charge in [0.25, 0.3) is 35.4 Å². The number of anilines is 4. The molecule has 1 fully saturated rings. The molecule has 7 aromatic rings. The number of hydrogen-bond acceptors (Lipinski definition) is 15. The molecule has 7 aromatic carbocycles. The fourth-order valence-electron chi connectivity index (χ4n) is 11.6. The summed E-state index contributed by atoms with van der Waals surface area (Å²) in [7, 11) is 0. The first-order valence-corrected chi connectivity index (χ1v) is 38.9. The predicted molar refractivity (Wildman–Crippen MR) is 440 cm³/mol. The average Bonchev–Trinajstić information content (AvgIpc) is 1.61. The third kappa shape index (κ3) is 26.2. The van der Waals surface area contributed by atoms with Crippen LogP contribution in [0.2, 0.25) is 25.1 Å². The number of urea groups is 1. The summed E-state index contributed by atoms with van der Waals surface area (Å²) in [6, 6.07) is 38.1. The van der Waals surface area contributed by atoms with Crippen molar-refractivity contribution >= 4 is 146 Å². The lowest BCUT2D eigenvalue weighted by atomic mass is 9.85. The van der Waals surface area contributed by atoms with Crippen LogP contribution < -0.4 is 35.7 Å². The minimum atomic E-state index is -1.83. The van der Waals surface area contributed by atoms with Gasteiger partial charge < -0.3 is 40.2 Å². The normalized spacial score (nSPS) is 13.9. The highest BCUT2D eigenvalue weighted by atomic mass is 35.5. The monoisotopic (exact) mass is 1630 g/mol. The molecular formula is C85H97Cl5N8O14. The number of ether oxygens (including phenoxy) is 4. The van der Waals surface area contributed by atoms with Crippen LogP contribution in [0.3, 0.4) is 0 Å². The van der Waals surface area contributed by atoms with Crippen molar-refractivity contribution in [3.8, 4) is 11.5 Å². The van der Waals surface area contributed by atoms with Crippen molar-refractivity contribution in [3.05, 3.63) is 210 Å². The summed E-state index contributed by atoms with van der Waals surface area (Å²) in [5, 5.41) is 16.9. The highest BCUT2D eigenvalue weighted by Gasteiger charge is 2.54. The van der Waals surface area contributed by atoms with Gasteiger partial charge in [0.15, 0.2) is 24.2 Å².